The Morgan fingerprint density at radius 2 is 1.74 bits per heavy atom. The maximum atomic E-state index is 13.7. The third-order valence-corrected chi connectivity index (χ3v) is 6.46. The van der Waals surface area contributed by atoms with Crippen LogP contribution in [-0.4, -0.2) is 10.9 Å². The van der Waals surface area contributed by atoms with Crippen molar-refractivity contribution in [3.8, 4) is 0 Å². The van der Waals surface area contributed by atoms with Crippen LogP contribution in [0.1, 0.15) is 27.7 Å². The maximum Gasteiger partial charge on any atom is 0.297 e. The second-order valence-corrected chi connectivity index (χ2v) is 8.28. The molecule has 0 bridgehead atoms. The summed E-state index contributed by atoms with van der Waals surface area (Å²) < 4.78 is 20.3. The number of amides is 1. The van der Waals surface area contributed by atoms with Crippen molar-refractivity contribution in [2.24, 2.45) is 0 Å². The molecule has 0 fully saturated rings. The van der Waals surface area contributed by atoms with Crippen LogP contribution in [0, 0.1) is 5.82 Å². The molecule has 0 saturated carbocycles. The van der Waals surface area contributed by atoms with Crippen LogP contribution in [0.15, 0.2) is 82.0 Å². The molecule has 3 aromatic carbocycles. The number of hydrogen-bond donors (Lipinski definition) is 0. The molecule has 3 heterocycles. The number of para-hydroxylation sites is 1. The van der Waals surface area contributed by atoms with Gasteiger partial charge in [0.1, 0.15) is 11.4 Å². The van der Waals surface area contributed by atoms with Gasteiger partial charge in [-0.2, -0.15) is 0 Å². The van der Waals surface area contributed by atoms with E-state index >= 15 is 0 Å². The van der Waals surface area contributed by atoms with E-state index in [9.17, 15) is 14.0 Å². The molecule has 7 heteroatoms. The fraction of sp³-hybridized carbons (Fsp3) is 0.0417. The minimum absolute atomic E-state index is 0.0167. The lowest BCUT2D eigenvalue weighted by molar-refractivity contribution is 0.0971. The number of halogens is 1. The molecule has 0 unspecified atom stereocenters. The average molecular weight is 428 g/mol. The lowest BCUT2D eigenvalue weighted by Crippen LogP contribution is -2.29. The van der Waals surface area contributed by atoms with Gasteiger partial charge in [0, 0.05) is 0 Å². The van der Waals surface area contributed by atoms with Gasteiger partial charge in [0.05, 0.1) is 27.2 Å². The molecule has 31 heavy (non-hydrogen) atoms. The second-order valence-electron chi connectivity index (χ2n) is 7.27. The van der Waals surface area contributed by atoms with Gasteiger partial charge in [-0.1, -0.05) is 53.8 Å². The van der Waals surface area contributed by atoms with Gasteiger partial charge < -0.3 is 4.42 Å². The van der Waals surface area contributed by atoms with Crippen LogP contribution in [0.5, 0.6) is 0 Å². The van der Waals surface area contributed by atoms with Gasteiger partial charge in [-0.15, -0.1) is 0 Å². The van der Waals surface area contributed by atoms with Crippen LogP contribution < -0.4 is 10.3 Å². The van der Waals surface area contributed by atoms with Crippen molar-refractivity contribution in [1.29, 1.82) is 0 Å². The van der Waals surface area contributed by atoms with E-state index in [4.69, 9.17) is 4.42 Å². The van der Waals surface area contributed by atoms with E-state index in [1.54, 1.807) is 30.3 Å². The zero-order valence-electron chi connectivity index (χ0n) is 15.9. The molecule has 1 atom stereocenters. The highest BCUT2D eigenvalue weighted by Crippen LogP contribution is 2.43. The van der Waals surface area contributed by atoms with E-state index in [-0.39, 0.29) is 17.0 Å². The first-order chi connectivity index (χ1) is 15.1. The number of rotatable bonds is 2. The number of carbonyl (C=O) groups is 1. The van der Waals surface area contributed by atoms with Gasteiger partial charge in [0.15, 0.2) is 10.6 Å². The molecule has 1 aliphatic rings. The Morgan fingerprint density at radius 3 is 2.58 bits per heavy atom. The van der Waals surface area contributed by atoms with E-state index in [1.807, 2.05) is 30.3 Å². The average Bonchev–Trinajstić information content (AvgIpc) is 3.33. The van der Waals surface area contributed by atoms with Crippen LogP contribution >= 0.6 is 11.3 Å². The normalized spacial score (nSPS) is 15.7. The molecule has 150 valence electrons. The molecule has 0 radical (unpaired) electrons. The fourth-order valence-electron chi connectivity index (χ4n) is 4.06. The quantitative estimate of drug-likeness (QED) is 0.383. The van der Waals surface area contributed by atoms with Gasteiger partial charge in [0.2, 0.25) is 5.76 Å². The Hall–Kier alpha value is -3.84. The standard InChI is InChI=1S/C24H13FN2O3S/c25-14-10-11-16-18(12-14)31-24(26-16)27-20(13-6-2-1-3-7-13)19-21(28)15-8-4-5-9-17(15)30-22(19)23(27)29/h1-12,20H/t20-/m0/s1. The first-order valence-electron chi connectivity index (χ1n) is 9.62. The minimum atomic E-state index is -0.685. The molecule has 0 spiro atoms. The molecule has 0 N–H and O–H groups in total. The highest BCUT2D eigenvalue weighted by molar-refractivity contribution is 7.22. The molecule has 0 saturated heterocycles. The third kappa shape index (κ3) is 2.63. The van der Waals surface area contributed by atoms with E-state index < -0.39 is 11.9 Å². The van der Waals surface area contributed by atoms with Crippen LogP contribution in [0.4, 0.5) is 9.52 Å². The van der Waals surface area contributed by atoms with Crippen molar-refractivity contribution in [2.75, 3.05) is 4.90 Å². The zero-order valence-corrected chi connectivity index (χ0v) is 16.7. The summed E-state index contributed by atoms with van der Waals surface area (Å²) in [5.41, 5.74) is 1.76. The van der Waals surface area contributed by atoms with E-state index in [0.29, 0.717) is 31.9 Å². The molecule has 1 aliphatic heterocycles. The summed E-state index contributed by atoms with van der Waals surface area (Å²) in [6.45, 7) is 0. The predicted molar refractivity (Wildman–Crippen MR) is 117 cm³/mol. The summed E-state index contributed by atoms with van der Waals surface area (Å²) in [4.78, 5) is 33.0. The topological polar surface area (TPSA) is 63.4 Å². The number of aromatic nitrogens is 1. The number of benzene rings is 3. The smallest absolute Gasteiger partial charge is 0.297 e. The van der Waals surface area contributed by atoms with Crippen molar-refractivity contribution in [3.05, 3.63) is 106 Å². The number of carbonyl (C=O) groups excluding carboxylic acids is 1. The first-order valence-corrected chi connectivity index (χ1v) is 10.4. The Morgan fingerprint density at radius 1 is 0.968 bits per heavy atom. The number of anilines is 1. The van der Waals surface area contributed by atoms with Crippen LogP contribution in [0.25, 0.3) is 21.2 Å². The number of fused-ring (bicyclic) bond motifs is 3. The molecule has 5 aromatic rings. The summed E-state index contributed by atoms with van der Waals surface area (Å²) in [6.07, 6.45) is 0. The zero-order chi connectivity index (χ0) is 21.1. The van der Waals surface area contributed by atoms with E-state index in [2.05, 4.69) is 4.98 Å². The summed E-state index contributed by atoms with van der Waals surface area (Å²) in [7, 11) is 0. The maximum absolute atomic E-state index is 13.7. The van der Waals surface area contributed by atoms with Gasteiger partial charge in [-0.3, -0.25) is 14.5 Å². The second kappa shape index (κ2) is 6.58. The molecule has 0 aliphatic carbocycles. The highest BCUT2D eigenvalue weighted by atomic mass is 32.1. The van der Waals surface area contributed by atoms with Crippen LogP contribution in [0.3, 0.4) is 0 Å². The van der Waals surface area contributed by atoms with E-state index in [1.165, 1.54) is 28.4 Å². The lowest BCUT2D eigenvalue weighted by atomic mass is 9.99. The number of thiazole rings is 1. The molecule has 1 amide bonds. The van der Waals surface area contributed by atoms with E-state index in [0.717, 1.165) is 5.56 Å². The van der Waals surface area contributed by atoms with Crippen molar-refractivity contribution >= 4 is 43.6 Å². The molecule has 2 aromatic heterocycles. The molecule has 6 rings (SSSR count). The Balaban J connectivity index is 1.64. The highest BCUT2D eigenvalue weighted by Gasteiger charge is 2.44. The molecular formula is C24H13FN2O3S. The molecule has 5 nitrogen and oxygen atoms in total. The van der Waals surface area contributed by atoms with Crippen LogP contribution in [-0.2, 0) is 0 Å². The van der Waals surface area contributed by atoms with Crippen molar-refractivity contribution in [2.45, 2.75) is 6.04 Å². The lowest BCUT2D eigenvalue weighted by Gasteiger charge is -2.22. The van der Waals surface area contributed by atoms with Gasteiger partial charge in [-0.05, 0) is 35.9 Å². The van der Waals surface area contributed by atoms with Crippen molar-refractivity contribution in [3.63, 3.8) is 0 Å². The predicted octanol–water partition coefficient (Wildman–Crippen LogP) is 5.29. The number of hydrogen-bond acceptors (Lipinski definition) is 5. The SMILES string of the molecule is O=C1c2oc3ccccc3c(=O)c2[C@H](c2ccccc2)N1c1nc2ccc(F)cc2s1. The monoisotopic (exact) mass is 428 g/mol. The van der Waals surface area contributed by atoms with Crippen LogP contribution in [0.2, 0.25) is 0 Å². The summed E-state index contributed by atoms with van der Waals surface area (Å²) in [5, 5.41) is 0.803. The third-order valence-electron chi connectivity index (χ3n) is 5.44. The van der Waals surface area contributed by atoms with Gasteiger partial charge in [0.25, 0.3) is 5.91 Å². The van der Waals surface area contributed by atoms with Gasteiger partial charge in [-0.25, -0.2) is 9.37 Å². The Bertz CT molecular complexity index is 1560. The summed E-state index contributed by atoms with van der Waals surface area (Å²) >= 11 is 1.20. The summed E-state index contributed by atoms with van der Waals surface area (Å²) in [5.74, 6) is -0.796. The minimum Gasteiger partial charge on any atom is -0.450 e. The van der Waals surface area contributed by atoms with Crippen molar-refractivity contribution in [1.82, 2.24) is 4.98 Å². The largest absolute Gasteiger partial charge is 0.450 e. The number of nitrogens with zero attached hydrogens (tertiary/aromatic N) is 2. The summed E-state index contributed by atoms with van der Waals surface area (Å²) in [6, 6.07) is 19.8. The van der Waals surface area contributed by atoms with Crippen molar-refractivity contribution < 1.29 is 13.6 Å². The first kappa shape index (κ1) is 18.0. The fourth-order valence-corrected chi connectivity index (χ4v) is 5.07. The molecular weight excluding hydrogens is 415 g/mol. The Kier molecular flexibility index (Phi) is 3.82. The van der Waals surface area contributed by atoms with Gasteiger partial charge >= 0.3 is 0 Å². The Labute approximate surface area is 179 Å².